The highest BCUT2D eigenvalue weighted by atomic mass is 19.1. The van der Waals surface area contributed by atoms with E-state index in [0.717, 1.165) is 5.56 Å². The van der Waals surface area contributed by atoms with Crippen LogP contribution in [-0.2, 0) is 16.0 Å². The van der Waals surface area contributed by atoms with E-state index in [1.165, 1.54) is 26.4 Å². The molecule has 0 aliphatic heterocycles. The number of hydrogen-bond donors (Lipinski definition) is 0. The third-order valence-corrected chi connectivity index (χ3v) is 3.99. The van der Waals surface area contributed by atoms with Crippen molar-refractivity contribution in [3.63, 3.8) is 0 Å². The van der Waals surface area contributed by atoms with Crippen molar-refractivity contribution in [3.05, 3.63) is 71.2 Å². The topological polar surface area (TPSA) is 57.5 Å². The molecule has 3 aromatic rings. The molecular formula is C19H16FNO4. The Balaban J connectivity index is 2.26. The first-order valence-electron chi connectivity index (χ1n) is 7.59. The van der Waals surface area contributed by atoms with Gasteiger partial charge in [-0.25, -0.2) is 14.0 Å². The maximum atomic E-state index is 13.2. The fourth-order valence-electron chi connectivity index (χ4n) is 2.86. The van der Waals surface area contributed by atoms with Crippen molar-refractivity contribution in [2.24, 2.45) is 0 Å². The molecule has 1 aromatic heterocycles. The third kappa shape index (κ3) is 2.98. The molecule has 128 valence electrons. The van der Waals surface area contributed by atoms with Gasteiger partial charge in [-0.2, -0.15) is 0 Å². The third-order valence-electron chi connectivity index (χ3n) is 3.99. The number of para-hydroxylation sites is 1. The summed E-state index contributed by atoms with van der Waals surface area (Å²) in [5, 5.41) is 0.594. The molecule has 1 heterocycles. The van der Waals surface area contributed by atoms with Crippen LogP contribution in [0.25, 0.3) is 10.9 Å². The summed E-state index contributed by atoms with van der Waals surface area (Å²) in [7, 11) is 2.51. The maximum Gasteiger partial charge on any atom is 0.355 e. The molecule has 25 heavy (non-hydrogen) atoms. The number of nitrogens with zero attached hydrogens (tertiary/aromatic N) is 1. The summed E-state index contributed by atoms with van der Waals surface area (Å²) in [5.41, 5.74) is 1.74. The van der Waals surface area contributed by atoms with Crippen molar-refractivity contribution < 1.29 is 23.5 Å². The number of hydrogen-bond acceptors (Lipinski definition) is 4. The summed E-state index contributed by atoms with van der Waals surface area (Å²) in [6.45, 7) is 0.280. The van der Waals surface area contributed by atoms with E-state index in [-0.39, 0.29) is 23.6 Å². The summed E-state index contributed by atoms with van der Waals surface area (Å²) in [4.78, 5) is 24.7. The first-order chi connectivity index (χ1) is 12.1. The number of halogens is 1. The van der Waals surface area contributed by atoms with Crippen molar-refractivity contribution in [2.45, 2.75) is 6.54 Å². The van der Waals surface area contributed by atoms with E-state index in [4.69, 9.17) is 9.47 Å². The molecule has 5 nitrogen and oxygen atoms in total. The lowest BCUT2D eigenvalue weighted by molar-refractivity contribution is 0.0549. The molecule has 0 radical (unpaired) electrons. The minimum Gasteiger partial charge on any atom is -0.465 e. The van der Waals surface area contributed by atoms with Crippen LogP contribution in [0.4, 0.5) is 4.39 Å². The fraction of sp³-hybridized carbons (Fsp3) is 0.158. The molecule has 0 aliphatic rings. The smallest absolute Gasteiger partial charge is 0.355 e. The Morgan fingerprint density at radius 2 is 1.60 bits per heavy atom. The Bertz CT molecular complexity index is 944. The average Bonchev–Trinajstić information content (AvgIpc) is 2.96. The van der Waals surface area contributed by atoms with Crippen LogP contribution in [0.3, 0.4) is 0 Å². The van der Waals surface area contributed by atoms with Crippen LogP contribution in [0.2, 0.25) is 0 Å². The van der Waals surface area contributed by atoms with Crippen LogP contribution in [0.15, 0.2) is 48.5 Å². The van der Waals surface area contributed by atoms with Gasteiger partial charge in [-0.05, 0) is 23.8 Å². The molecule has 0 atom stereocenters. The molecule has 0 unspecified atom stereocenters. The molecule has 3 rings (SSSR count). The number of benzene rings is 2. The predicted molar refractivity (Wildman–Crippen MR) is 90.1 cm³/mol. The van der Waals surface area contributed by atoms with Gasteiger partial charge in [-0.3, -0.25) is 0 Å². The molecular weight excluding hydrogens is 325 g/mol. The van der Waals surface area contributed by atoms with Gasteiger partial charge in [-0.1, -0.05) is 30.3 Å². The summed E-state index contributed by atoms with van der Waals surface area (Å²) in [5.74, 6) is -1.60. The van der Waals surface area contributed by atoms with E-state index < -0.39 is 11.9 Å². The van der Waals surface area contributed by atoms with Crippen molar-refractivity contribution in [1.82, 2.24) is 4.57 Å². The Hall–Kier alpha value is -3.15. The molecule has 0 saturated carbocycles. The normalized spacial score (nSPS) is 10.7. The largest absolute Gasteiger partial charge is 0.465 e. The van der Waals surface area contributed by atoms with Crippen molar-refractivity contribution >= 4 is 22.8 Å². The molecule has 0 saturated heterocycles. The van der Waals surface area contributed by atoms with Gasteiger partial charge in [0.05, 0.1) is 14.2 Å². The minimum atomic E-state index is -0.640. The number of methoxy groups -OCH3 is 2. The minimum absolute atomic E-state index is 0.111. The number of fused-ring (bicyclic) bond motifs is 1. The standard InChI is InChI=1S/C19H16FNO4/c1-24-18(22)16-14-5-3-4-6-15(14)21(17(16)19(23)25-2)11-12-7-9-13(20)10-8-12/h3-10H,11H2,1-2H3. The second-order valence-electron chi connectivity index (χ2n) is 5.44. The van der Waals surface area contributed by atoms with Crippen LogP contribution < -0.4 is 0 Å². The number of carbonyl (C=O) groups is 2. The first kappa shape index (κ1) is 16.7. The Labute approximate surface area is 143 Å². The lowest BCUT2D eigenvalue weighted by atomic mass is 10.1. The number of aromatic nitrogens is 1. The van der Waals surface area contributed by atoms with Gasteiger partial charge in [0.2, 0.25) is 0 Å². The molecule has 0 spiro atoms. The number of carbonyl (C=O) groups excluding carboxylic acids is 2. The first-order valence-corrected chi connectivity index (χ1v) is 7.59. The predicted octanol–water partition coefficient (Wildman–Crippen LogP) is 3.40. The van der Waals surface area contributed by atoms with Gasteiger partial charge in [-0.15, -0.1) is 0 Å². The van der Waals surface area contributed by atoms with Crippen LogP contribution in [-0.4, -0.2) is 30.7 Å². The molecule has 0 fully saturated rings. The van der Waals surface area contributed by atoms with Crippen molar-refractivity contribution in [3.8, 4) is 0 Å². The highest BCUT2D eigenvalue weighted by molar-refractivity contribution is 6.13. The van der Waals surface area contributed by atoms with Gasteiger partial charge in [0.15, 0.2) is 0 Å². The lowest BCUT2D eigenvalue weighted by Gasteiger charge is -2.10. The van der Waals surface area contributed by atoms with Gasteiger partial charge < -0.3 is 14.0 Å². The monoisotopic (exact) mass is 341 g/mol. The van der Waals surface area contributed by atoms with E-state index in [9.17, 15) is 14.0 Å². The van der Waals surface area contributed by atoms with E-state index in [1.54, 1.807) is 34.9 Å². The number of ether oxygens (including phenoxy) is 2. The lowest BCUT2D eigenvalue weighted by Crippen LogP contribution is -2.16. The van der Waals surface area contributed by atoms with Crippen LogP contribution in [0.5, 0.6) is 0 Å². The zero-order chi connectivity index (χ0) is 18.0. The Kier molecular flexibility index (Phi) is 4.52. The van der Waals surface area contributed by atoms with E-state index >= 15 is 0 Å². The van der Waals surface area contributed by atoms with Gasteiger partial charge in [0.1, 0.15) is 17.1 Å². The second kappa shape index (κ2) is 6.76. The molecule has 0 amide bonds. The zero-order valence-corrected chi connectivity index (χ0v) is 13.8. The quantitative estimate of drug-likeness (QED) is 0.683. The van der Waals surface area contributed by atoms with Gasteiger partial charge >= 0.3 is 11.9 Å². The molecule has 0 N–H and O–H groups in total. The molecule has 2 aromatic carbocycles. The fourth-order valence-corrected chi connectivity index (χ4v) is 2.86. The summed E-state index contributed by atoms with van der Waals surface area (Å²) < 4.78 is 24.6. The zero-order valence-electron chi connectivity index (χ0n) is 13.8. The van der Waals surface area contributed by atoms with E-state index in [1.807, 2.05) is 6.07 Å². The summed E-state index contributed by atoms with van der Waals surface area (Å²) >= 11 is 0. The highest BCUT2D eigenvalue weighted by Crippen LogP contribution is 2.28. The van der Waals surface area contributed by atoms with E-state index in [2.05, 4.69) is 0 Å². The SMILES string of the molecule is COC(=O)c1c(C(=O)OC)n(Cc2ccc(F)cc2)c2ccccc12. The Morgan fingerprint density at radius 3 is 2.24 bits per heavy atom. The highest BCUT2D eigenvalue weighted by Gasteiger charge is 2.28. The van der Waals surface area contributed by atoms with Gasteiger partial charge in [0, 0.05) is 17.4 Å². The number of esters is 2. The van der Waals surface area contributed by atoms with Crippen LogP contribution in [0, 0.1) is 5.82 Å². The molecule has 0 bridgehead atoms. The van der Waals surface area contributed by atoms with Crippen LogP contribution in [0.1, 0.15) is 26.4 Å². The molecule has 6 heteroatoms. The average molecular weight is 341 g/mol. The van der Waals surface area contributed by atoms with Crippen molar-refractivity contribution in [1.29, 1.82) is 0 Å². The van der Waals surface area contributed by atoms with Crippen molar-refractivity contribution in [2.75, 3.05) is 14.2 Å². The van der Waals surface area contributed by atoms with Gasteiger partial charge in [0.25, 0.3) is 0 Å². The molecule has 0 aliphatic carbocycles. The maximum absolute atomic E-state index is 13.2. The number of rotatable bonds is 4. The second-order valence-corrected chi connectivity index (χ2v) is 5.44. The van der Waals surface area contributed by atoms with E-state index in [0.29, 0.717) is 10.9 Å². The van der Waals surface area contributed by atoms with Crippen LogP contribution >= 0.6 is 0 Å². The summed E-state index contributed by atoms with van der Waals surface area (Å²) in [6.07, 6.45) is 0. The summed E-state index contributed by atoms with van der Waals surface area (Å²) in [6, 6.07) is 13.1. The Morgan fingerprint density at radius 1 is 0.960 bits per heavy atom.